The van der Waals surface area contributed by atoms with Crippen molar-refractivity contribution >= 4 is 30.5 Å². The van der Waals surface area contributed by atoms with E-state index in [1.165, 1.54) is 0 Å². The van der Waals surface area contributed by atoms with Crippen molar-refractivity contribution in [1.29, 1.82) is 10.8 Å². The first-order chi connectivity index (χ1) is 13.5. The molecule has 0 heterocycles. The molecule has 0 radical (unpaired) electrons. The molecule has 0 aromatic heterocycles. The van der Waals surface area contributed by atoms with E-state index < -0.39 is 16.5 Å². The molecule has 2 aromatic rings. The van der Waals surface area contributed by atoms with E-state index in [2.05, 4.69) is 0 Å². The van der Waals surface area contributed by atoms with Gasteiger partial charge in [0.15, 0.2) is 0 Å². The Morgan fingerprint density at radius 2 is 1.21 bits per heavy atom. The quantitative estimate of drug-likeness (QED) is 0.193. The Hall–Kier alpha value is -1.75. The summed E-state index contributed by atoms with van der Waals surface area (Å²) in [5, 5.41) is 14.6. The van der Waals surface area contributed by atoms with Gasteiger partial charge in [0, 0.05) is 5.56 Å². The summed E-state index contributed by atoms with van der Waals surface area (Å²) in [6, 6.07) is 14.2. The van der Waals surface area contributed by atoms with Gasteiger partial charge in [-0.3, -0.25) is 5.41 Å². The summed E-state index contributed by atoms with van der Waals surface area (Å²) < 4.78 is 11.3. The molecule has 0 unspecified atom stereocenters. The van der Waals surface area contributed by atoms with Crippen LogP contribution in [0.4, 0.5) is 0 Å². The van der Waals surface area contributed by atoms with Crippen LogP contribution in [0.15, 0.2) is 48.5 Å². The van der Waals surface area contributed by atoms with Crippen LogP contribution in [-0.4, -0.2) is 24.9 Å². The number of nitrogen functional groups attached to an aromatic ring is 1. The summed E-state index contributed by atoms with van der Waals surface area (Å²) in [4.78, 5) is 0. The molecule has 9 heteroatoms. The van der Waals surface area contributed by atoms with Gasteiger partial charge in [-0.15, -0.1) is 0 Å². The number of benzene rings is 2. The predicted molar refractivity (Wildman–Crippen MR) is 112 cm³/mol. The number of halogens is 2. The standard InChI is InChI=1S/C19H23N4O2.2ClH.Pt/c20-18(21)14-4-8-16(9-5-14)24-12-2-1-3-13-25-17-10-6-15(7-11-17)19(22)23;;;/h4-11H,1-3,12-13H2,(H5-,20,21,22,23);2*1H;/q-1;;;+2/p-2. The molecule has 2 rings (SSSR count). The Morgan fingerprint density at radius 3 is 1.57 bits per heavy atom. The molecule has 28 heavy (non-hydrogen) atoms. The summed E-state index contributed by atoms with van der Waals surface area (Å²) in [7, 11) is 9.75. The minimum atomic E-state index is -0.472. The average molecular weight is 605 g/mol. The summed E-state index contributed by atoms with van der Waals surface area (Å²) in [5.41, 5.74) is 13.9. The molecule has 0 saturated carbocycles. The molecular weight excluding hydrogens is 582 g/mol. The van der Waals surface area contributed by atoms with Crippen LogP contribution in [0.3, 0.4) is 0 Å². The fraction of sp³-hybridized carbons (Fsp3) is 0.263. The van der Waals surface area contributed by atoms with Crippen LogP contribution >= 0.6 is 18.8 Å². The number of rotatable bonds is 10. The zero-order valence-corrected chi connectivity index (χ0v) is 18.9. The van der Waals surface area contributed by atoms with E-state index in [1.807, 2.05) is 12.1 Å². The van der Waals surface area contributed by atoms with Crippen LogP contribution in [0.25, 0.3) is 5.73 Å². The third-order valence-corrected chi connectivity index (χ3v) is 3.63. The summed E-state index contributed by atoms with van der Waals surface area (Å²) in [5.74, 6) is 1.40. The van der Waals surface area contributed by atoms with Crippen LogP contribution in [0, 0.1) is 10.8 Å². The fourth-order valence-electron chi connectivity index (χ4n) is 2.21. The molecule has 0 fully saturated rings. The number of nitrogens with two attached hydrogens (primary N) is 1. The number of hydrogen-bond acceptors (Lipinski definition) is 4. The summed E-state index contributed by atoms with van der Waals surface area (Å²) in [6.45, 7) is 1.27. The van der Waals surface area contributed by atoms with Gasteiger partial charge in [0.05, 0.1) is 13.2 Å². The Morgan fingerprint density at radius 1 is 0.821 bits per heavy atom. The van der Waals surface area contributed by atoms with E-state index in [-0.39, 0.29) is 11.7 Å². The molecule has 0 spiro atoms. The molecule has 0 saturated heterocycles. The van der Waals surface area contributed by atoms with Gasteiger partial charge in [-0.05, 0) is 61.2 Å². The molecule has 156 valence electrons. The maximum atomic E-state index is 7.34. The van der Waals surface area contributed by atoms with E-state index in [4.69, 9.17) is 50.6 Å². The Balaban J connectivity index is 0.00000122. The van der Waals surface area contributed by atoms with E-state index in [0.717, 1.165) is 30.8 Å². The van der Waals surface area contributed by atoms with Gasteiger partial charge < -0.3 is 26.4 Å². The maximum absolute atomic E-state index is 7.34. The fourth-order valence-corrected chi connectivity index (χ4v) is 2.21. The van der Waals surface area contributed by atoms with Crippen LogP contribution < -0.4 is 15.2 Å². The van der Waals surface area contributed by atoms with Crippen molar-refractivity contribution in [2.24, 2.45) is 5.73 Å². The molecule has 6 nitrogen and oxygen atoms in total. The third-order valence-electron chi connectivity index (χ3n) is 3.63. The summed E-state index contributed by atoms with van der Waals surface area (Å²) >= 11 is -0.472. The monoisotopic (exact) mass is 604 g/mol. The van der Waals surface area contributed by atoms with E-state index in [1.54, 1.807) is 36.4 Å². The molecule has 0 aliphatic carbocycles. The molecule has 0 bridgehead atoms. The molecule has 0 aliphatic heterocycles. The van der Waals surface area contributed by atoms with Crippen molar-refractivity contribution in [3.8, 4) is 11.5 Å². The summed E-state index contributed by atoms with van der Waals surface area (Å²) in [6.07, 6.45) is 2.87. The van der Waals surface area contributed by atoms with Gasteiger partial charge in [0.2, 0.25) is 0 Å². The molecule has 0 amide bonds. The third kappa shape index (κ3) is 9.97. The van der Waals surface area contributed by atoms with E-state index in [9.17, 15) is 0 Å². The number of ether oxygens (including phenoxy) is 2. The topological polar surface area (TPSA) is 116 Å². The van der Waals surface area contributed by atoms with E-state index in [0.29, 0.717) is 24.3 Å². The predicted octanol–water partition coefficient (Wildman–Crippen LogP) is 5.35. The van der Waals surface area contributed by atoms with Gasteiger partial charge in [-0.1, -0.05) is 18.0 Å². The van der Waals surface area contributed by atoms with Crippen molar-refractivity contribution in [3.63, 3.8) is 0 Å². The van der Waals surface area contributed by atoms with Crippen LogP contribution in [0.5, 0.6) is 11.5 Å². The van der Waals surface area contributed by atoms with Crippen LogP contribution in [-0.2, 0) is 16.5 Å². The molecule has 0 atom stereocenters. The first-order valence-corrected chi connectivity index (χ1v) is 14.0. The first kappa shape index (κ1) is 24.3. The van der Waals surface area contributed by atoms with Gasteiger partial charge in [0.1, 0.15) is 17.3 Å². The van der Waals surface area contributed by atoms with Crippen molar-refractivity contribution in [1.82, 2.24) is 0 Å². The van der Waals surface area contributed by atoms with Crippen molar-refractivity contribution in [2.75, 3.05) is 13.2 Å². The Kier molecular flexibility index (Phi) is 12.4. The Bertz CT molecular complexity index is 666. The second kappa shape index (κ2) is 14.3. The van der Waals surface area contributed by atoms with Gasteiger partial charge in [0.25, 0.3) is 0 Å². The van der Waals surface area contributed by atoms with Crippen molar-refractivity contribution in [3.05, 3.63) is 65.4 Å². The van der Waals surface area contributed by atoms with Crippen molar-refractivity contribution < 1.29 is 26.0 Å². The SMILES string of the molecule is N=C([NH-])c1ccc(OCCCCCOc2ccc(C(=N)N)cc2)cc1.[Cl][Pt][Cl]. The number of hydrogen-bond donors (Lipinski definition) is 3. The molecule has 0 aliphatic rings. The van der Waals surface area contributed by atoms with Crippen LogP contribution in [0.2, 0.25) is 0 Å². The minimum absolute atomic E-state index is 0.0548. The zero-order chi connectivity index (χ0) is 20.8. The zero-order valence-electron chi connectivity index (χ0n) is 15.1. The van der Waals surface area contributed by atoms with Crippen molar-refractivity contribution in [2.45, 2.75) is 19.3 Å². The first-order valence-electron chi connectivity index (χ1n) is 8.41. The van der Waals surface area contributed by atoms with Gasteiger partial charge in [-0.2, -0.15) is 0 Å². The van der Waals surface area contributed by atoms with Gasteiger partial charge >= 0.3 is 35.3 Å². The normalized spacial score (nSPS) is 9.93. The Labute approximate surface area is 181 Å². The number of amidine groups is 2. The van der Waals surface area contributed by atoms with Gasteiger partial charge in [-0.25, -0.2) is 0 Å². The molecular formula is C19H23Cl2N4O2Pt-. The number of unbranched alkanes of at least 4 members (excludes halogenated alkanes) is 2. The molecule has 2 aromatic carbocycles. The van der Waals surface area contributed by atoms with E-state index >= 15 is 0 Å². The average Bonchev–Trinajstić information content (AvgIpc) is 2.68. The van der Waals surface area contributed by atoms with Crippen LogP contribution in [0.1, 0.15) is 30.4 Å². The number of nitrogens with one attached hydrogen (secondary N) is 3. The molecule has 5 N–H and O–H groups in total. The second-order valence-corrected chi connectivity index (χ2v) is 8.92. The second-order valence-electron chi connectivity index (χ2n) is 5.64.